The lowest BCUT2D eigenvalue weighted by atomic mass is 10.2. The van der Waals surface area contributed by atoms with E-state index in [1.165, 1.54) is 24.3 Å². The molecule has 0 unspecified atom stereocenters. The molecule has 0 aliphatic carbocycles. The molecule has 7 heteroatoms. The molecular formula is C18H18F2N2O3. The molecule has 132 valence electrons. The third-order valence-corrected chi connectivity index (χ3v) is 3.88. The van der Waals surface area contributed by atoms with E-state index in [1.54, 1.807) is 23.1 Å². The topological polar surface area (TPSA) is 61.8 Å². The van der Waals surface area contributed by atoms with Crippen molar-refractivity contribution in [2.45, 2.75) is 12.5 Å². The average Bonchev–Trinajstić information content (AvgIpc) is 2.72. The van der Waals surface area contributed by atoms with E-state index in [0.29, 0.717) is 17.9 Å². The molecule has 3 rings (SSSR count). The first kappa shape index (κ1) is 17.2. The number of aliphatic hydroxyl groups is 1. The van der Waals surface area contributed by atoms with Gasteiger partial charge in [0.15, 0.2) is 11.6 Å². The third-order valence-electron chi connectivity index (χ3n) is 3.88. The zero-order valence-corrected chi connectivity index (χ0v) is 13.4. The van der Waals surface area contributed by atoms with Crippen LogP contribution in [0.15, 0.2) is 42.5 Å². The maximum atomic E-state index is 13.5. The zero-order valence-electron chi connectivity index (χ0n) is 13.4. The van der Waals surface area contributed by atoms with Gasteiger partial charge in [-0.25, -0.2) is 8.78 Å². The molecule has 0 saturated heterocycles. The number of carbonyl (C=O) groups excluding carboxylic acids is 1. The summed E-state index contributed by atoms with van der Waals surface area (Å²) in [7, 11) is 0. The van der Waals surface area contributed by atoms with Gasteiger partial charge in [-0.05, 0) is 30.3 Å². The van der Waals surface area contributed by atoms with E-state index in [9.17, 15) is 18.7 Å². The van der Waals surface area contributed by atoms with Gasteiger partial charge in [-0.2, -0.15) is 0 Å². The summed E-state index contributed by atoms with van der Waals surface area (Å²) in [6, 6.07) is 10.0. The average molecular weight is 348 g/mol. The minimum atomic E-state index is -0.911. The Morgan fingerprint density at radius 2 is 2.04 bits per heavy atom. The summed E-state index contributed by atoms with van der Waals surface area (Å²) in [6.45, 7) is 0.443. The van der Waals surface area contributed by atoms with Crippen molar-refractivity contribution in [3.8, 4) is 5.75 Å². The number of carbonyl (C=O) groups is 1. The number of rotatable bonds is 5. The molecule has 1 aliphatic rings. The molecule has 0 aromatic heterocycles. The van der Waals surface area contributed by atoms with E-state index in [4.69, 9.17) is 4.74 Å². The van der Waals surface area contributed by atoms with Gasteiger partial charge in [0.1, 0.15) is 18.5 Å². The lowest BCUT2D eigenvalue weighted by Crippen LogP contribution is -2.36. The van der Waals surface area contributed by atoms with Crippen LogP contribution in [0.4, 0.5) is 20.2 Å². The molecule has 0 bridgehead atoms. The van der Waals surface area contributed by atoms with E-state index in [0.717, 1.165) is 0 Å². The second kappa shape index (κ2) is 7.48. The molecule has 5 nitrogen and oxygen atoms in total. The Kier molecular flexibility index (Phi) is 5.14. The molecule has 2 aromatic rings. The SMILES string of the molecule is O=C1CCN(C[C@@H](O)COc2ccccc2F)c2ccc(F)cc2N1. The number of benzene rings is 2. The van der Waals surface area contributed by atoms with Crippen LogP contribution in [0.3, 0.4) is 0 Å². The van der Waals surface area contributed by atoms with Crippen LogP contribution < -0.4 is 15.0 Å². The minimum Gasteiger partial charge on any atom is -0.488 e. The Labute approximate surface area is 143 Å². The number of aliphatic hydroxyl groups excluding tert-OH is 1. The number of nitrogens with zero attached hydrogens (tertiary/aromatic N) is 1. The van der Waals surface area contributed by atoms with Gasteiger partial charge in [-0.1, -0.05) is 12.1 Å². The molecule has 1 atom stereocenters. The second-order valence-corrected chi connectivity index (χ2v) is 5.80. The quantitative estimate of drug-likeness (QED) is 0.872. The maximum Gasteiger partial charge on any atom is 0.226 e. The Bertz CT molecular complexity index is 770. The Morgan fingerprint density at radius 3 is 2.84 bits per heavy atom. The van der Waals surface area contributed by atoms with Gasteiger partial charge in [0.2, 0.25) is 5.91 Å². The van der Waals surface area contributed by atoms with Crippen LogP contribution in [-0.2, 0) is 4.79 Å². The predicted molar refractivity (Wildman–Crippen MR) is 89.8 cm³/mol. The Balaban J connectivity index is 1.67. The highest BCUT2D eigenvalue weighted by Crippen LogP contribution is 2.29. The number of anilines is 2. The number of para-hydroxylation sites is 1. The Hall–Kier alpha value is -2.67. The van der Waals surface area contributed by atoms with Gasteiger partial charge in [0, 0.05) is 19.5 Å². The third kappa shape index (κ3) is 4.24. The van der Waals surface area contributed by atoms with Gasteiger partial charge in [-0.3, -0.25) is 4.79 Å². The van der Waals surface area contributed by atoms with Crippen molar-refractivity contribution in [1.82, 2.24) is 0 Å². The summed E-state index contributed by atoms with van der Waals surface area (Å²) in [5.74, 6) is -1.10. The molecule has 1 aliphatic heterocycles. The van der Waals surface area contributed by atoms with Crippen LogP contribution in [-0.4, -0.2) is 36.8 Å². The molecule has 2 N–H and O–H groups in total. The smallest absolute Gasteiger partial charge is 0.226 e. The molecular weight excluding hydrogens is 330 g/mol. The predicted octanol–water partition coefficient (Wildman–Crippen LogP) is 2.55. The number of nitrogens with one attached hydrogen (secondary N) is 1. The van der Waals surface area contributed by atoms with Crippen LogP contribution in [0.1, 0.15) is 6.42 Å². The van der Waals surface area contributed by atoms with Crippen LogP contribution in [0.5, 0.6) is 5.75 Å². The largest absolute Gasteiger partial charge is 0.488 e. The van der Waals surface area contributed by atoms with E-state index >= 15 is 0 Å². The van der Waals surface area contributed by atoms with Gasteiger partial charge < -0.3 is 20.1 Å². The number of hydrogen-bond donors (Lipinski definition) is 2. The van der Waals surface area contributed by atoms with Crippen molar-refractivity contribution < 1.29 is 23.4 Å². The van der Waals surface area contributed by atoms with Crippen molar-refractivity contribution in [1.29, 1.82) is 0 Å². The molecule has 2 aromatic carbocycles. The number of ether oxygens (including phenoxy) is 1. The fourth-order valence-electron chi connectivity index (χ4n) is 2.70. The highest BCUT2D eigenvalue weighted by atomic mass is 19.1. The summed E-state index contributed by atoms with van der Waals surface area (Å²) in [4.78, 5) is 13.5. The first-order valence-corrected chi connectivity index (χ1v) is 7.92. The van der Waals surface area contributed by atoms with Gasteiger partial charge in [0.05, 0.1) is 11.4 Å². The summed E-state index contributed by atoms with van der Waals surface area (Å²) in [5.41, 5.74) is 0.988. The van der Waals surface area contributed by atoms with Crippen molar-refractivity contribution in [2.75, 3.05) is 29.9 Å². The van der Waals surface area contributed by atoms with Crippen molar-refractivity contribution >= 4 is 17.3 Å². The summed E-state index contributed by atoms with van der Waals surface area (Å²) in [6.07, 6.45) is -0.692. The normalized spacial score (nSPS) is 15.2. The molecule has 1 amide bonds. The monoisotopic (exact) mass is 348 g/mol. The Morgan fingerprint density at radius 1 is 1.24 bits per heavy atom. The standard InChI is InChI=1S/C18H18F2N2O3/c19-12-5-6-16-15(9-12)21-18(24)7-8-22(16)10-13(23)11-25-17-4-2-1-3-14(17)20/h1-6,9,13,23H,7-8,10-11H2,(H,21,24)/t13-/m1/s1. The van der Waals surface area contributed by atoms with Crippen LogP contribution in [0.25, 0.3) is 0 Å². The van der Waals surface area contributed by atoms with Gasteiger partial charge >= 0.3 is 0 Å². The molecule has 25 heavy (non-hydrogen) atoms. The van der Waals surface area contributed by atoms with Gasteiger partial charge in [0.25, 0.3) is 0 Å². The summed E-state index contributed by atoms with van der Waals surface area (Å²) in [5, 5.41) is 12.9. The second-order valence-electron chi connectivity index (χ2n) is 5.80. The minimum absolute atomic E-state index is 0.0664. The van der Waals surface area contributed by atoms with Crippen molar-refractivity contribution in [3.63, 3.8) is 0 Å². The highest BCUT2D eigenvalue weighted by molar-refractivity contribution is 5.96. The fourth-order valence-corrected chi connectivity index (χ4v) is 2.70. The number of fused-ring (bicyclic) bond motifs is 1. The zero-order chi connectivity index (χ0) is 17.8. The molecule has 0 radical (unpaired) electrons. The van der Waals surface area contributed by atoms with Crippen molar-refractivity contribution in [3.05, 3.63) is 54.1 Å². The molecule has 0 fully saturated rings. The van der Waals surface area contributed by atoms with E-state index < -0.39 is 17.7 Å². The van der Waals surface area contributed by atoms with Crippen LogP contribution in [0.2, 0.25) is 0 Å². The van der Waals surface area contributed by atoms with Gasteiger partial charge in [-0.15, -0.1) is 0 Å². The van der Waals surface area contributed by atoms with E-state index in [1.807, 2.05) is 0 Å². The summed E-state index contributed by atoms with van der Waals surface area (Å²) >= 11 is 0. The first-order valence-electron chi connectivity index (χ1n) is 7.92. The number of hydrogen-bond acceptors (Lipinski definition) is 4. The van der Waals surface area contributed by atoms with Crippen molar-refractivity contribution in [2.24, 2.45) is 0 Å². The molecule has 1 heterocycles. The molecule has 0 saturated carbocycles. The van der Waals surface area contributed by atoms with E-state index in [-0.39, 0.29) is 31.2 Å². The number of β-amino-alcohol motifs (C(OH)–C–C–N with tert-alkyl or cyclic N) is 1. The van der Waals surface area contributed by atoms with E-state index in [2.05, 4.69) is 5.32 Å². The highest BCUT2D eigenvalue weighted by Gasteiger charge is 2.22. The molecule has 0 spiro atoms. The lowest BCUT2D eigenvalue weighted by Gasteiger charge is -2.26. The van der Waals surface area contributed by atoms with Crippen LogP contribution >= 0.6 is 0 Å². The summed E-state index contributed by atoms with van der Waals surface area (Å²) < 4.78 is 32.3. The number of halogens is 2. The van der Waals surface area contributed by atoms with Crippen LogP contribution in [0, 0.1) is 11.6 Å². The lowest BCUT2D eigenvalue weighted by molar-refractivity contribution is -0.116. The first-order chi connectivity index (χ1) is 12.0. The maximum absolute atomic E-state index is 13.5. The fraction of sp³-hybridized carbons (Fsp3) is 0.278. The number of amides is 1.